The standard InChI is InChI=1S/C36H48N6O6/c1-22-13-28(34(46)31(16-22)37-25(4)43)19-40-7-9-41(20-29-14-23(2)17-32(35(29)47)38-26(5)44)11-12-42(10-8-40)21-30-15-24(3)18-33(36(30)48)39-27(6)45/h13-18,46-48H,7-12,19-21H2,1-6H3,(H,37,43)(H,38,44)(H,39,45). The van der Waals surface area contributed by atoms with Crippen LogP contribution in [0.2, 0.25) is 0 Å². The highest BCUT2D eigenvalue weighted by Gasteiger charge is 2.22. The molecular weight excluding hydrogens is 612 g/mol. The fourth-order valence-corrected chi connectivity index (χ4v) is 6.16. The Morgan fingerprint density at radius 3 is 0.938 bits per heavy atom. The van der Waals surface area contributed by atoms with Gasteiger partial charge in [0.25, 0.3) is 0 Å². The third-order valence-corrected chi connectivity index (χ3v) is 8.31. The van der Waals surface area contributed by atoms with Crippen LogP contribution < -0.4 is 16.0 Å². The van der Waals surface area contributed by atoms with Crippen molar-refractivity contribution < 1.29 is 29.7 Å². The Morgan fingerprint density at radius 2 is 0.729 bits per heavy atom. The summed E-state index contributed by atoms with van der Waals surface area (Å²) in [5.41, 5.74) is 5.95. The van der Waals surface area contributed by atoms with Crippen molar-refractivity contribution in [2.45, 2.75) is 61.2 Å². The molecule has 1 aliphatic rings. The van der Waals surface area contributed by atoms with E-state index in [1.54, 1.807) is 18.2 Å². The summed E-state index contributed by atoms with van der Waals surface area (Å²) in [5, 5.41) is 41.4. The van der Waals surface area contributed by atoms with Gasteiger partial charge < -0.3 is 31.3 Å². The van der Waals surface area contributed by atoms with Crippen LogP contribution in [-0.4, -0.2) is 87.0 Å². The Balaban J connectivity index is 1.64. The Labute approximate surface area is 282 Å². The molecule has 0 aromatic heterocycles. The minimum atomic E-state index is -0.266. The van der Waals surface area contributed by atoms with Crippen LogP contribution >= 0.6 is 0 Å². The van der Waals surface area contributed by atoms with E-state index in [2.05, 4.69) is 30.7 Å². The summed E-state index contributed by atoms with van der Waals surface area (Å²) >= 11 is 0. The van der Waals surface area contributed by atoms with Crippen molar-refractivity contribution in [3.8, 4) is 17.2 Å². The number of amides is 3. The zero-order valence-electron chi connectivity index (χ0n) is 28.7. The van der Waals surface area contributed by atoms with Gasteiger partial charge in [-0.25, -0.2) is 0 Å². The molecule has 1 saturated heterocycles. The monoisotopic (exact) mass is 660 g/mol. The first kappa shape index (κ1) is 36.2. The lowest BCUT2D eigenvalue weighted by molar-refractivity contribution is -0.115. The van der Waals surface area contributed by atoms with Gasteiger partial charge in [-0.1, -0.05) is 18.2 Å². The van der Waals surface area contributed by atoms with Gasteiger partial charge in [0.15, 0.2) is 0 Å². The Morgan fingerprint density at radius 1 is 0.500 bits per heavy atom. The molecule has 0 bridgehead atoms. The van der Waals surface area contributed by atoms with Gasteiger partial charge in [0.05, 0.1) is 17.1 Å². The summed E-state index contributed by atoms with van der Waals surface area (Å²) in [6, 6.07) is 11.0. The van der Waals surface area contributed by atoms with E-state index >= 15 is 0 Å². The number of carbonyl (C=O) groups is 3. The molecule has 0 aliphatic carbocycles. The van der Waals surface area contributed by atoms with Gasteiger partial charge in [0.2, 0.25) is 17.7 Å². The lowest BCUT2D eigenvalue weighted by Gasteiger charge is -2.27. The average Bonchev–Trinajstić information content (AvgIpc) is 3.06. The summed E-state index contributed by atoms with van der Waals surface area (Å²) < 4.78 is 0. The number of hydrogen-bond acceptors (Lipinski definition) is 9. The first-order valence-corrected chi connectivity index (χ1v) is 16.2. The number of nitrogens with zero attached hydrogens (tertiary/aromatic N) is 3. The molecule has 3 aromatic rings. The number of anilines is 3. The molecule has 4 rings (SSSR count). The molecule has 1 fully saturated rings. The van der Waals surface area contributed by atoms with E-state index in [1.165, 1.54) is 20.8 Å². The maximum absolute atomic E-state index is 11.8. The quantitative estimate of drug-likeness (QED) is 0.183. The van der Waals surface area contributed by atoms with Crippen LogP contribution in [0.3, 0.4) is 0 Å². The highest BCUT2D eigenvalue weighted by molar-refractivity contribution is 5.92. The van der Waals surface area contributed by atoms with E-state index in [1.807, 2.05) is 39.0 Å². The van der Waals surface area contributed by atoms with Crippen molar-refractivity contribution in [3.63, 3.8) is 0 Å². The molecule has 0 radical (unpaired) electrons. The lowest BCUT2D eigenvalue weighted by atomic mass is 10.1. The fraction of sp³-hybridized carbons (Fsp3) is 0.417. The fourth-order valence-electron chi connectivity index (χ4n) is 6.16. The maximum atomic E-state index is 11.8. The highest BCUT2D eigenvalue weighted by atomic mass is 16.3. The first-order valence-electron chi connectivity index (χ1n) is 16.2. The SMILES string of the molecule is CC(=O)Nc1cc(C)cc(CN2CCN(Cc3cc(C)cc(NC(C)=O)c3O)CCN(Cc3cc(C)cc(NC(C)=O)c3O)CC2)c1O. The van der Waals surface area contributed by atoms with E-state index in [0.29, 0.717) is 92.7 Å². The minimum Gasteiger partial charge on any atom is -0.505 e. The molecule has 0 saturated carbocycles. The highest BCUT2D eigenvalue weighted by Crippen LogP contribution is 2.33. The molecule has 0 unspecified atom stereocenters. The third-order valence-electron chi connectivity index (χ3n) is 8.31. The largest absolute Gasteiger partial charge is 0.505 e. The second-order valence-corrected chi connectivity index (χ2v) is 12.8. The molecule has 0 spiro atoms. The Hall–Kier alpha value is -4.65. The molecule has 1 aliphatic heterocycles. The van der Waals surface area contributed by atoms with E-state index in [-0.39, 0.29) is 35.0 Å². The third kappa shape index (κ3) is 9.93. The molecule has 12 nitrogen and oxygen atoms in total. The van der Waals surface area contributed by atoms with Crippen LogP contribution in [0, 0.1) is 20.8 Å². The second-order valence-electron chi connectivity index (χ2n) is 12.8. The molecule has 258 valence electrons. The maximum Gasteiger partial charge on any atom is 0.221 e. The van der Waals surface area contributed by atoms with E-state index in [9.17, 15) is 29.7 Å². The molecule has 48 heavy (non-hydrogen) atoms. The van der Waals surface area contributed by atoms with Crippen molar-refractivity contribution in [1.82, 2.24) is 14.7 Å². The summed E-state index contributed by atoms with van der Waals surface area (Å²) in [6.07, 6.45) is 0. The van der Waals surface area contributed by atoms with Crippen LogP contribution in [-0.2, 0) is 34.0 Å². The zero-order chi connectivity index (χ0) is 35.1. The molecule has 1 heterocycles. The van der Waals surface area contributed by atoms with Gasteiger partial charge >= 0.3 is 0 Å². The topological polar surface area (TPSA) is 158 Å². The Kier molecular flexibility index (Phi) is 12.0. The van der Waals surface area contributed by atoms with Gasteiger partial charge in [0.1, 0.15) is 17.2 Å². The van der Waals surface area contributed by atoms with Gasteiger partial charge in [-0.15, -0.1) is 0 Å². The Bertz CT molecular complexity index is 1470. The second kappa shape index (κ2) is 16.0. The molecule has 12 heteroatoms. The number of carbonyl (C=O) groups excluding carboxylic acids is 3. The molecular formula is C36H48N6O6. The number of aryl methyl sites for hydroxylation is 3. The van der Waals surface area contributed by atoms with E-state index in [4.69, 9.17) is 0 Å². The molecule has 0 atom stereocenters. The number of phenolic OH excluding ortho intramolecular Hbond substituents is 3. The first-order chi connectivity index (χ1) is 22.7. The van der Waals surface area contributed by atoms with Gasteiger partial charge in [-0.05, 0) is 55.7 Å². The number of phenols is 3. The van der Waals surface area contributed by atoms with Gasteiger partial charge in [-0.2, -0.15) is 0 Å². The number of hydrogen-bond donors (Lipinski definition) is 6. The van der Waals surface area contributed by atoms with E-state index in [0.717, 1.165) is 16.7 Å². The van der Waals surface area contributed by atoms with Crippen LogP contribution in [0.5, 0.6) is 17.2 Å². The predicted molar refractivity (Wildman–Crippen MR) is 187 cm³/mol. The van der Waals surface area contributed by atoms with Crippen molar-refractivity contribution in [3.05, 3.63) is 69.8 Å². The predicted octanol–water partition coefficient (Wildman–Crippen LogP) is 4.42. The molecule has 3 amide bonds. The number of nitrogens with one attached hydrogen (secondary N) is 3. The number of rotatable bonds is 9. The minimum absolute atomic E-state index is 0.0368. The van der Waals surface area contributed by atoms with Crippen LogP contribution in [0.15, 0.2) is 36.4 Å². The van der Waals surface area contributed by atoms with Crippen molar-refractivity contribution >= 4 is 34.8 Å². The van der Waals surface area contributed by atoms with Crippen molar-refractivity contribution in [1.29, 1.82) is 0 Å². The van der Waals surface area contributed by atoms with Crippen LogP contribution in [0.25, 0.3) is 0 Å². The number of benzene rings is 3. The zero-order valence-corrected chi connectivity index (χ0v) is 28.7. The van der Waals surface area contributed by atoms with Crippen molar-refractivity contribution in [2.24, 2.45) is 0 Å². The van der Waals surface area contributed by atoms with Crippen LogP contribution in [0.4, 0.5) is 17.1 Å². The summed E-state index contributed by atoms with van der Waals surface area (Å²) in [4.78, 5) is 42.1. The molecule has 6 N–H and O–H groups in total. The summed E-state index contributed by atoms with van der Waals surface area (Å²) in [6.45, 7) is 15.2. The summed E-state index contributed by atoms with van der Waals surface area (Å²) in [5.74, 6) is -0.687. The van der Waals surface area contributed by atoms with E-state index < -0.39 is 0 Å². The van der Waals surface area contributed by atoms with Crippen molar-refractivity contribution in [2.75, 3.05) is 55.2 Å². The van der Waals surface area contributed by atoms with Crippen LogP contribution in [0.1, 0.15) is 54.2 Å². The lowest BCUT2D eigenvalue weighted by Crippen LogP contribution is -2.35. The smallest absolute Gasteiger partial charge is 0.221 e. The normalized spacial score (nSPS) is 14.9. The summed E-state index contributed by atoms with van der Waals surface area (Å²) in [7, 11) is 0. The van der Waals surface area contributed by atoms with Gasteiger partial charge in [-0.3, -0.25) is 29.1 Å². The molecule has 3 aromatic carbocycles. The number of aromatic hydroxyl groups is 3. The average molecular weight is 661 g/mol. The van der Waals surface area contributed by atoms with Gasteiger partial charge in [0, 0.05) is 96.4 Å².